The molecule has 0 N–H and O–H groups in total. The van der Waals surface area contributed by atoms with Crippen LogP contribution in [-0.2, 0) is 5.41 Å². The fourth-order valence-electron chi connectivity index (χ4n) is 11.6. The van der Waals surface area contributed by atoms with Crippen LogP contribution in [0.4, 0.5) is 17.1 Å². The van der Waals surface area contributed by atoms with Crippen molar-refractivity contribution in [3.8, 4) is 73.2 Å². The summed E-state index contributed by atoms with van der Waals surface area (Å²) in [5, 5.41) is 4.58. The molecule has 5 nitrogen and oxygen atoms in total. The fraction of sp³-hybridized carbons (Fsp3) is 0.0429. The molecule has 0 saturated heterocycles. The van der Waals surface area contributed by atoms with E-state index in [2.05, 4.69) is 248 Å². The SMILES string of the molecule is CC1(C)c2ccccc2-c2cc3c4cc(-c5cccc6c(N(c7ccccc7)c7cc(-c8ccccc8)cc(-c8ccccc8)c7)cccc56)ccc4n(-c4nc(-c5ccccc5)nc(-c5ccccc5)n4)c3cc21. The standard InChI is InChI=1S/C70H49N5/c1-70(2)62-36-19-18-32-57(62)59-44-61-60-43-50(38-39-65(60)75(66(61)45-63(59)70)69-72-67(48-26-12-5-13-27-48)71-68(73-69)49-28-14-6-15-29-49)55-33-20-35-58-56(55)34-21-37-64(58)74(53-30-16-7-17-31-53)54-41-51(46-22-8-3-9-23-46)40-52(42-54)47-24-10-4-11-25-47/h3-45H,1-2H3. The van der Waals surface area contributed by atoms with Gasteiger partial charge in [-0.25, -0.2) is 4.98 Å². The summed E-state index contributed by atoms with van der Waals surface area (Å²) in [7, 11) is 0. The number of benzene rings is 11. The first-order valence-corrected chi connectivity index (χ1v) is 25.7. The highest BCUT2D eigenvalue weighted by molar-refractivity contribution is 6.14. The van der Waals surface area contributed by atoms with Gasteiger partial charge in [-0.3, -0.25) is 4.57 Å². The van der Waals surface area contributed by atoms with Crippen LogP contribution >= 0.6 is 0 Å². The molecule has 0 fully saturated rings. The smallest absolute Gasteiger partial charge is 0.238 e. The summed E-state index contributed by atoms with van der Waals surface area (Å²) in [4.78, 5) is 18.2. The van der Waals surface area contributed by atoms with Crippen molar-refractivity contribution in [3.05, 3.63) is 272 Å². The Morgan fingerprint density at radius 1 is 0.320 bits per heavy atom. The van der Waals surface area contributed by atoms with Crippen LogP contribution in [-0.4, -0.2) is 19.5 Å². The number of hydrogen-bond donors (Lipinski definition) is 0. The molecule has 1 aliphatic carbocycles. The minimum atomic E-state index is -0.212. The van der Waals surface area contributed by atoms with E-state index in [1.807, 2.05) is 36.4 Å². The van der Waals surface area contributed by atoms with Gasteiger partial charge in [0.05, 0.1) is 16.7 Å². The molecular weight excluding hydrogens is 911 g/mol. The van der Waals surface area contributed by atoms with Gasteiger partial charge in [0.2, 0.25) is 5.95 Å². The number of para-hydroxylation sites is 1. The number of nitrogens with zero attached hydrogens (tertiary/aromatic N) is 5. The van der Waals surface area contributed by atoms with E-state index in [0.717, 1.165) is 83.0 Å². The molecule has 13 aromatic rings. The van der Waals surface area contributed by atoms with Gasteiger partial charge >= 0.3 is 0 Å². The van der Waals surface area contributed by atoms with Crippen molar-refractivity contribution in [1.29, 1.82) is 0 Å². The molecule has 2 aromatic heterocycles. The first-order valence-electron chi connectivity index (χ1n) is 25.7. The molecular formula is C70H49N5. The van der Waals surface area contributed by atoms with E-state index < -0.39 is 0 Å². The lowest BCUT2D eigenvalue weighted by Crippen LogP contribution is -2.15. The molecule has 0 saturated carbocycles. The van der Waals surface area contributed by atoms with Gasteiger partial charge in [0.15, 0.2) is 11.6 Å². The van der Waals surface area contributed by atoms with Crippen molar-refractivity contribution in [3.63, 3.8) is 0 Å². The first-order chi connectivity index (χ1) is 36.9. The van der Waals surface area contributed by atoms with Gasteiger partial charge < -0.3 is 4.90 Å². The van der Waals surface area contributed by atoms with E-state index in [4.69, 9.17) is 15.0 Å². The van der Waals surface area contributed by atoms with Gasteiger partial charge in [-0.15, -0.1) is 0 Å². The molecule has 14 rings (SSSR count). The molecule has 354 valence electrons. The van der Waals surface area contributed by atoms with Crippen molar-refractivity contribution >= 4 is 49.6 Å². The van der Waals surface area contributed by atoms with Gasteiger partial charge in [0, 0.05) is 44.1 Å². The number of aromatic nitrogens is 4. The summed E-state index contributed by atoms with van der Waals surface area (Å²) in [5.74, 6) is 1.82. The zero-order valence-corrected chi connectivity index (χ0v) is 41.6. The molecule has 11 aromatic carbocycles. The van der Waals surface area contributed by atoms with Gasteiger partial charge in [-0.2, -0.15) is 9.97 Å². The number of fused-ring (bicyclic) bond motifs is 7. The molecule has 0 bridgehead atoms. The number of anilines is 3. The van der Waals surface area contributed by atoms with Gasteiger partial charge in [0.1, 0.15) is 0 Å². The van der Waals surface area contributed by atoms with E-state index >= 15 is 0 Å². The fourth-order valence-corrected chi connectivity index (χ4v) is 11.6. The Labute approximate surface area is 436 Å². The third-order valence-corrected chi connectivity index (χ3v) is 15.2. The molecule has 0 atom stereocenters. The summed E-state index contributed by atoms with van der Waals surface area (Å²) in [5.41, 5.74) is 19.1. The third-order valence-electron chi connectivity index (χ3n) is 15.2. The zero-order chi connectivity index (χ0) is 50.0. The lowest BCUT2D eigenvalue weighted by atomic mass is 9.82. The molecule has 5 heteroatoms. The average Bonchev–Trinajstić information content (AvgIpc) is 4.04. The maximum atomic E-state index is 5.32. The minimum absolute atomic E-state index is 0.212. The molecule has 0 spiro atoms. The molecule has 0 aliphatic heterocycles. The zero-order valence-electron chi connectivity index (χ0n) is 41.6. The Hall–Kier alpha value is -9.71. The van der Waals surface area contributed by atoms with Crippen molar-refractivity contribution in [2.75, 3.05) is 4.90 Å². The van der Waals surface area contributed by atoms with E-state index in [-0.39, 0.29) is 5.41 Å². The largest absolute Gasteiger partial charge is 0.310 e. The second-order valence-electron chi connectivity index (χ2n) is 20.0. The predicted molar refractivity (Wildman–Crippen MR) is 311 cm³/mol. The maximum absolute atomic E-state index is 5.32. The van der Waals surface area contributed by atoms with E-state index in [1.165, 1.54) is 33.4 Å². The normalized spacial score (nSPS) is 12.5. The van der Waals surface area contributed by atoms with Crippen LogP contribution in [0.25, 0.3) is 106 Å². The first kappa shape index (κ1) is 44.0. The molecule has 2 heterocycles. The molecule has 1 aliphatic rings. The van der Waals surface area contributed by atoms with Crippen LogP contribution in [0.5, 0.6) is 0 Å². The number of hydrogen-bond acceptors (Lipinski definition) is 4. The Bertz CT molecular complexity index is 4190. The van der Waals surface area contributed by atoms with Crippen molar-refractivity contribution < 1.29 is 0 Å². The lowest BCUT2D eigenvalue weighted by Gasteiger charge is -2.28. The summed E-state index contributed by atoms with van der Waals surface area (Å²) in [6.45, 7) is 4.68. The van der Waals surface area contributed by atoms with Crippen molar-refractivity contribution in [2.24, 2.45) is 0 Å². The number of rotatable bonds is 9. The van der Waals surface area contributed by atoms with Crippen LogP contribution in [0.3, 0.4) is 0 Å². The molecule has 0 unspecified atom stereocenters. The Kier molecular flexibility index (Phi) is 10.4. The highest BCUT2D eigenvalue weighted by Gasteiger charge is 2.36. The van der Waals surface area contributed by atoms with Crippen LogP contribution in [0.15, 0.2) is 261 Å². The maximum Gasteiger partial charge on any atom is 0.238 e. The van der Waals surface area contributed by atoms with Crippen LogP contribution in [0.1, 0.15) is 25.0 Å². The van der Waals surface area contributed by atoms with E-state index in [9.17, 15) is 0 Å². The van der Waals surface area contributed by atoms with E-state index in [1.54, 1.807) is 0 Å². The highest BCUT2D eigenvalue weighted by Crippen LogP contribution is 2.52. The topological polar surface area (TPSA) is 46.8 Å². The highest BCUT2D eigenvalue weighted by atomic mass is 15.2. The van der Waals surface area contributed by atoms with Crippen molar-refractivity contribution in [1.82, 2.24) is 19.5 Å². The van der Waals surface area contributed by atoms with Crippen LogP contribution in [0, 0.1) is 0 Å². The summed E-state index contributed by atoms with van der Waals surface area (Å²) >= 11 is 0. The monoisotopic (exact) mass is 959 g/mol. The Morgan fingerprint density at radius 3 is 1.49 bits per heavy atom. The molecule has 75 heavy (non-hydrogen) atoms. The van der Waals surface area contributed by atoms with Gasteiger partial charge in [0.25, 0.3) is 0 Å². The molecule has 0 amide bonds. The second kappa shape index (κ2) is 17.8. The second-order valence-corrected chi connectivity index (χ2v) is 20.0. The molecule has 0 radical (unpaired) electrons. The third kappa shape index (κ3) is 7.51. The summed E-state index contributed by atoms with van der Waals surface area (Å²) < 4.78 is 2.26. The summed E-state index contributed by atoms with van der Waals surface area (Å²) in [6.07, 6.45) is 0. The Morgan fingerprint density at radius 2 is 0.853 bits per heavy atom. The van der Waals surface area contributed by atoms with Gasteiger partial charge in [-0.05, 0) is 122 Å². The lowest BCUT2D eigenvalue weighted by molar-refractivity contribution is 0.661. The summed E-state index contributed by atoms with van der Waals surface area (Å²) in [6, 6.07) is 93.7. The quantitative estimate of drug-likeness (QED) is 0.145. The Balaban J connectivity index is 0.989. The predicted octanol–water partition coefficient (Wildman–Crippen LogP) is 18.2. The van der Waals surface area contributed by atoms with Crippen molar-refractivity contribution in [2.45, 2.75) is 19.3 Å². The van der Waals surface area contributed by atoms with Crippen LogP contribution in [0.2, 0.25) is 0 Å². The van der Waals surface area contributed by atoms with Crippen LogP contribution < -0.4 is 4.90 Å². The van der Waals surface area contributed by atoms with E-state index in [0.29, 0.717) is 17.6 Å². The van der Waals surface area contributed by atoms with Gasteiger partial charge in [-0.1, -0.05) is 214 Å². The average molecular weight is 960 g/mol. The minimum Gasteiger partial charge on any atom is -0.310 e.